The molecule has 4 heteroatoms. The summed E-state index contributed by atoms with van der Waals surface area (Å²) in [5.74, 6) is 4.07. The Morgan fingerprint density at radius 2 is 2.07 bits per heavy atom. The molecule has 4 rings (SSSR count). The van der Waals surface area contributed by atoms with E-state index in [0.717, 1.165) is 39.4 Å². The van der Waals surface area contributed by atoms with E-state index in [0.29, 0.717) is 0 Å². The molecule has 0 saturated heterocycles. The molecule has 3 aliphatic rings. The maximum atomic E-state index is 4.41. The number of hydrogen-bond donors (Lipinski definition) is 1. The van der Waals surface area contributed by atoms with Crippen LogP contribution in [0, 0.1) is 23.7 Å². The molecular weight excluding hydrogens is 272 g/mol. The van der Waals surface area contributed by atoms with Gasteiger partial charge in [0.1, 0.15) is 4.60 Å². The highest BCUT2D eigenvalue weighted by atomic mass is 79.9. The van der Waals surface area contributed by atoms with Gasteiger partial charge in [-0.1, -0.05) is 0 Å². The summed E-state index contributed by atoms with van der Waals surface area (Å²) in [5, 5.41) is 6.77. The third-order valence-corrected chi connectivity index (χ3v) is 5.98. The quantitative estimate of drug-likeness (QED) is 0.901. The molecule has 4 atom stereocenters. The van der Waals surface area contributed by atoms with E-state index in [2.05, 4.69) is 31.6 Å². The Bertz CT molecular complexity index is 389. The summed E-state index contributed by atoms with van der Waals surface area (Å²) < 4.78 is 0.962. The third kappa shape index (κ3) is 1.24. The zero-order valence-corrected chi connectivity index (χ0v) is 10.7. The van der Waals surface area contributed by atoms with Crippen molar-refractivity contribution < 1.29 is 0 Å². The SMILES string of the molecule is Brc1csc(NC2C3C4CCC(C4)C23)n1. The monoisotopic (exact) mass is 284 g/mol. The van der Waals surface area contributed by atoms with Gasteiger partial charge in [0.15, 0.2) is 5.13 Å². The van der Waals surface area contributed by atoms with Gasteiger partial charge >= 0.3 is 0 Å². The van der Waals surface area contributed by atoms with Crippen LogP contribution in [0.5, 0.6) is 0 Å². The van der Waals surface area contributed by atoms with Gasteiger partial charge in [-0.05, 0) is 58.9 Å². The standard InChI is InChI=1S/C11H13BrN2S/c12-7-4-15-11(13-7)14-10-8-5-1-2-6(3-5)9(8)10/h4-6,8-10H,1-3H2,(H,13,14). The van der Waals surface area contributed by atoms with Crippen LogP contribution in [0.2, 0.25) is 0 Å². The van der Waals surface area contributed by atoms with Crippen LogP contribution in [0.15, 0.2) is 9.98 Å². The van der Waals surface area contributed by atoms with Crippen molar-refractivity contribution in [1.29, 1.82) is 0 Å². The van der Waals surface area contributed by atoms with E-state index in [-0.39, 0.29) is 0 Å². The molecule has 3 saturated carbocycles. The predicted octanol–water partition coefficient (Wildman–Crippen LogP) is 3.36. The fourth-order valence-corrected chi connectivity index (χ4v) is 5.17. The first-order valence-electron chi connectivity index (χ1n) is 5.70. The van der Waals surface area contributed by atoms with Crippen LogP contribution < -0.4 is 5.32 Å². The van der Waals surface area contributed by atoms with Crippen molar-refractivity contribution in [2.45, 2.75) is 25.3 Å². The van der Waals surface area contributed by atoms with Gasteiger partial charge in [0.2, 0.25) is 0 Å². The van der Waals surface area contributed by atoms with E-state index in [1.165, 1.54) is 19.3 Å². The van der Waals surface area contributed by atoms with Gasteiger partial charge in [-0.2, -0.15) is 0 Å². The highest BCUT2D eigenvalue weighted by Crippen LogP contribution is 2.66. The smallest absolute Gasteiger partial charge is 0.183 e. The van der Waals surface area contributed by atoms with Crippen molar-refractivity contribution in [3.63, 3.8) is 0 Å². The van der Waals surface area contributed by atoms with Crippen molar-refractivity contribution in [3.05, 3.63) is 9.98 Å². The summed E-state index contributed by atoms with van der Waals surface area (Å²) >= 11 is 5.11. The number of nitrogens with zero attached hydrogens (tertiary/aromatic N) is 1. The molecular formula is C11H13BrN2S. The maximum absolute atomic E-state index is 4.41. The molecule has 0 amide bonds. The van der Waals surface area contributed by atoms with Gasteiger partial charge in [0.25, 0.3) is 0 Å². The van der Waals surface area contributed by atoms with E-state index in [1.54, 1.807) is 11.3 Å². The van der Waals surface area contributed by atoms with E-state index in [4.69, 9.17) is 0 Å². The highest BCUT2D eigenvalue weighted by molar-refractivity contribution is 9.10. The molecule has 0 aromatic carbocycles. The second-order valence-electron chi connectivity index (χ2n) is 5.13. The summed E-state index contributed by atoms with van der Waals surface area (Å²) in [4.78, 5) is 4.41. The first-order chi connectivity index (χ1) is 7.33. The lowest BCUT2D eigenvalue weighted by atomic mass is 10.0. The molecule has 0 spiro atoms. The Hall–Kier alpha value is -0.0900. The molecule has 4 unspecified atom stereocenters. The van der Waals surface area contributed by atoms with E-state index in [1.807, 2.05) is 0 Å². The van der Waals surface area contributed by atoms with Crippen LogP contribution in [0.3, 0.4) is 0 Å². The molecule has 2 bridgehead atoms. The molecule has 1 heterocycles. The van der Waals surface area contributed by atoms with Crippen LogP contribution in [-0.4, -0.2) is 11.0 Å². The van der Waals surface area contributed by atoms with Gasteiger partial charge in [-0.15, -0.1) is 11.3 Å². The highest BCUT2D eigenvalue weighted by Gasteiger charge is 2.65. The minimum absolute atomic E-state index is 0.759. The van der Waals surface area contributed by atoms with Crippen molar-refractivity contribution in [3.8, 4) is 0 Å². The first-order valence-corrected chi connectivity index (χ1v) is 7.38. The van der Waals surface area contributed by atoms with Gasteiger partial charge in [0, 0.05) is 11.4 Å². The van der Waals surface area contributed by atoms with Crippen LogP contribution in [0.4, 0.5) is 5.13 Å². The topological polar surface area (TPSA) is 24.9 Å². The van der Waals surface area contributed by atoms with Crippen molar-refractivity contribution in [1.82, 2.24) is 4.98 Å². The van der Waals surface area contributed by atoms with Gasteiger partial charge in [0.05, 0.1) is 0 Å². The summed E-state index contributed by atoms with van der Waals surface area (Å²) in [6, 6.07) is 0.759. The predicted molar refractivity (Wildman–Crippen MR) is 65.0 cm³/mol. The molecule has 2 nitrogen and oxygen atoms in total. The van der Waals surface area contributed by atoms with Crippen molar-refractivity contribution in [2.75, 3.05) is 5.32 Å². The first kappa shape index (κ1) is 8.99. The normalized spacial score (nSPS) is 45.5. The largest absolute Gasteiger partial charge is 0.358 e. The molecule has 1 N–H and O–H groups in total. The van der Waals surface area contributed by atoms with E-state index in [9.17, 15) is 0 Å². The van der Waals surface area contributed by atoms with Crippen molar-refractivity contribution in [2.24, 2.45) is 23.7 Å². The third-order valence-electron chi connectivity index (χ3n) is 4.50. The van der Waals surface area contributed by atoms with Gasteiger partial charge in [-0.25, -0.2) is 4.98 Å². The second-order valence-corrected chi connectivity index (χ2v) is 6.80. The number of anilines is 1. The van der Waals surface area contributed by atoms with Crippen molar-refractivity contribution >= 4 is 32.4 Å². The van der Waals surface area contributed by atoms with Crippen LogP contribution in [0.25, 0.3) is 0 Å². The Kier molecular flexibility index (Phi) is 1.78. The molecule has 3 fully saturated rings. The Morgan fingerprint density at radius 1 is 1.33 bits per heavy atom. The van der Waals surface area contributed by atoms with Crippen LogP contribution in [0.1, 0.15) is 19.3 Å². The van der Waals surface area contributed by atoms with Gasteiger partial charge in [-0.3, -0.25) is 0 Å². The molecule has 15 heavy (non-hydrogen) atoms. The molecule has 1 aromatic rings. The fraction of sp³-hybridized carbons (Fsp3) is 0.727. The van der Waals surface area contributed by atoms with E-state index >= 15 is 0 Å². The Balaban J connectivity index is 1.50. The summed E-state index contributed by atoms with van der Waals surface area (Å²) in [5.41, 5.74) is 0. The second kappa shape index (κ2) is 2.98. The number of halogens is 1. The Labute approximate surface area is 102 Å². The summed E-state index contributed by atoms with van der Waals surface area (Å²) in [7, 11) is 0. The molecule has 3 aliphatic carbocycles. The molecule has 0 radical (unpaired) electrons. The number of hydrogen-bond acceptors (Lipinski definition) is 3. The average Bonchev–Trinajstić information content (AvgIpc) is 2.62. The molecule has 1 aromatic heterocycles. The number of aromatic nitrogens is 1. The molecule has 80 valence electrons. The molecule has 0 aliphatic heterocycles. The minimum Gasteiger partial charge on any atom is -0.358 e. The lowest BCUT2D eigenvalue weighted by molar-refractivity contribution is 0.456. The average molecular weight is 285 g/mol. The number of thiazole rings is 1. The lowest BCUT2D eigenvalue weighted by Gasteiger charge is -2.08. The summed E-state index contributed by atoms with van der Waals surface area (Å²) in [6.07, 6.45) is 4.51. The Morgan fingerprint density at radius 3 is 2.67 bits per heavy atom. The van der Waals surface area contributed by atoms with Gasteiger partial charge < -0.3 is 5.32 Å². The zero-order chi connectivity index (χ0) is 9.99. The van der Waals surface area contributed by atoms with Crippen LogP contribution >= 0.6 is 27.3 Å². The lowest BCUT2D eigenvalue weighted by Crippen LogP contribution is -2.12. The van der Waals surface area contributed by atoms with Crippen LogP contribution in [-0.2, 0) is 0 Å². The number of rotatable bonds is 2. The number of nitrogens with one attached hydrogen (secondary N) is 1. The fourth-order valence-electron chi connectivity index (χ4n) is 3.98. The number of fused-ring (bicyclic) bond motifs is 5. The summed E-state index contributed by atoms with van der Waals surface area (Å²) in [6.45, 7) is 0. The minimum atomic E-state index is 0.759. The zero-order valence-electron chi connectivity index (χ0n) is 8.32. The van der Waals surface area contributed by atoms with E-state index < -0.39 is 0 Å². The maximum Gasteiger partial charge on any atom is 0.183 e.